The molecule has 30 heavy (non-hydrogen) atoms. The normalized spacial score (nSPS) is 34.0. The van der Waals surface area contributed by atoms with Crippen LogP contribution in [0.1, 0.15) is 73.6 Å². The van der Waals surface area contributed by atoms with Crippen molar-refractivity contribution in [1.29, 1.82) is 0 Å². The monoisotopic (exact) mass is 429 g/mol. The van der Waals surface area contributed by atoms with Gasteiger partial charge in [0.1, 0.15) is 5.76 Å². The van der Waals surface area contributed by atoms with Crippen molar-refractivity contribution in [3.63, 3.8) is 0 Å². The first kappa shape index (κ1) is 23.3. The molecule has 0 unspecified atom stereocenters. The van der Waals surface area contributed by atoms with Gasteiger partial charge in [-0.25, -0.2) is 4.85 Å². The molecule has 0 spiro atoms. The first-order valence-corrected chi connectivity index (χ1v) is 14.2. The Bertz CT molecular complexity index is 855. The van der Waals surface area contributed by atoms with Crippen LogP contribution in [0.2, 0.25) is 18.1 Å². The lowest BCUT2D eigenvalue weighted by molar-refractivity contribution is -0.117. The number of hydrogen-bond acceptors (Lipinski definition) is 3. The molecule has 0 saturated heterocycles. The number of carbonyl (C=O) groups excluding carboxylic acids is 1. The zero-order valence-corrected chi connectivity index (χ0v) is 21.1. The van der Waals surface area contributed by atoms with E-state index in [4.69, 9.17) is 11.0 Å². The standard InChI is InChI=1S/C25H39NO3Si/c1-22(2,3)30(8,9)29-16-25-12-10-17(27)14-20(25)24(6)15-18(26-7)21(28)23(4,5)19(24)11-13-25/h14,19,28H,10-13,15-16H2,1-6,8-9H3/t19-,24-,25+/m0/s1. The molecule has 0 aliphatic heterocycles. The fraction of sp³-hybridized carbons (Fsp3) is 0.760. The molecule has 0 aromatic heterocycles. The van der Waals surface area contributed by atoms with Crippen LogP contribution >= 0.6 is 0 Å². The van der Waals surface area contributed by atoms with E-state index in [1.165, 1.54) is 5.57 Å². The second kappa shape index (κ2) is 7.07. The number of carbonyl (C=O) groups is 1. The Morgan fingerprint density at radius 1 is 1.27 bits per heavy atom. The molecule has 3 atom stereocenters. The SMILES string of the molecule is [C-]#[N+]C1=C(O)C(C)(C)[C@@H]2CC[C@@]3(CO[Si](C)(C)C(C)(C)C)CCC(=O)C=C3[C@@]2(C)C1. The van der Waals surface area contributed by atoms with Crippen LogP contribution in [0.15, 0.2) is 23.1 Å². The zero-order chi connectivity index (χ0) is 22.8. The van der Waals surface area contributed by atoms with Crippen LogP contribution in [0.25, 0.3) is 4.85 Å². The lowest BCUT2D eigenvalue weighted by Crippen LogP contribution is -2.55. The van der Waals surface area contributed by atoms with Crippen molar-refractivity contribution < 1.29 is 14.3 Å². The number of aliphatic hydroxyl groups excluding tert-OH is 1. The van der Waals surface area contributed by atoms with E-state index in [2.05, 4.69) is 59.5 Å². The Morgan fingerprint density at radius 3 is 2.47 bits per heavy atom. The summed E-state index contributed by atoms with van der Waals surface area (Å²) < 4.78 is 6.74. The Morgan fingerprint density at radius 2 is 1.90 bits per heavy atom. The highest BCUT2D eigenvalue weighted by Gasteiger charge is 2.60. The fourth-order valence-electron chi connectivity index (χ4n) is 6.03. The molecule has 0 bridgehead atoms. The minimum absolute atomic E-state index is 0.134. The van der Waals surface area contributed by atoms with Crippen LogP contribution in [0.5, 0.6) is 0 Å². The maximum atomic E-state index is 12.6. The number of fused-ring (bicyclic) bond motifs is 3. The van der Waals surface area contributed by atoms with Crippen molar-refractivity contribution in [1.82, 2.24) is 0 Å². The third kappa shape index (κ3) is 3.41. The van der Waals surface area contributed by atoms with Crippen molar-refractivity contribution in [3.8, 4) is 0 Å². The summed E-state index contributed by atoms with van der Waals surface area (Å²) >= 11 is 0. The number of hydrogen-bond donors (Lipinski definition) is 1. The van der Waals surface area contributed by atoms with Crippen molar-refractivity contribution in [2.24, 2.45) is 22.2 Å². The van der Waals surface area contributed by atoms with E-state index in [9.17, 15) is 9.90 Å². The summed E-state index contributed by atoms with van der Waals surface area (Å²) in [5, 5.41) is 11.0. The number of nitrogens with zero attached hydrogens (tertiary/aromatic N) is 1. The zero-order valence-electron chi connectivity index (χ0n) is 20.1. The van der Waals surface area contributed by atoms with Gasteiger partial charge in [-0.3, -0.25) is 4.79 Å². The van der Waals surface area contributed by atoms with Gasteiger partial charge in [0.05, 0.1) is 6.57 Å². The summed E-state index contributed by atoms with van der Waals surface area (Å²) in [5.41, 5.74) is 0.730. The highest BCUT2D eigenvalue weighted by atomic mass is 28.4. The third-order valence-electron chi connectivity index (χ3n) is 8.96. The summed E-state index contributed by atoms with van der Waals surface area (Å²) in [6.07, 6.45) is 5.77. The van der Waals surface area contributed by atoms with Gasteiger partial charge in [-0.05, 0) is 61.2 Å². The van der Waals surface area contributed by atoms with E-state index in [0.717, 1.165) is 19.3 Å². The quantitative estimate of drug-likeness (QED) is 0.395. The van der Waals surface area contributed by atoms with Crippen LogP contribution in [0.4, 0.5) is 0 Å². The molecular formula is C25H39NO3Si. The summed E-state index contributed by atoms with van der Waals surface area (Å²) in [6.45, 7) is 26.0. The predicted molar refractivity (Wildman–Crippen MR) is 123 cm³/mol. The molecule has 1 saturated carbocycles. The molecule has 3 aliphatic rings. The van der Waals surface area contributed by atoms with Crippen LogP contribution in [-0.4, -0.2) is 25.8 Å². The molecule has 3 aliphatic carbocycles. The molecular weight excluding hydrogens is 390 g/mol. The smallest absolute Gasteiger partial charge is 0.203 e. The Kier molecular flexibility index (Phi) is 5.48. The first-order valence-electron chi connectivity index (χ1n) is 11.3. The highest BCUT2D eigenvalue weighted by Crippen LogP contribution is 2.66. The molecule has 0 aromatic carbocycles. The van der Waals surface area contributed by atoms with Crippen LogP contribution in [-0.2, 0) is 9.22 Å². The number of allylic oxidation sites excluding steroid dienone is 3. The Hall–Kier alpha value is -1.38. The van der Waals surface area contributed by atoms with Crippen molar-refractivity contribution in [2.45, 2.75) is 91.8 Å². The van der Waals surface area contributed by atoms with E-state index >= 15 is 0 Å². The van der Waals surface area contributed by atoms with Crippen LogP contribution in [0.3, 0.4) is 0 Å². The second-order valence-corrected chi connectivity index (χ2v) is 17.0. The number of ketones is 1. The molecule has 166 valence electrons. The first-order chi connectivity index (χ1) is 13.6. The summed E-state index contributed by atoms with van der Waals surface area (Å²) in [4.78, 5) is 16.3. The van der Waals surface area contributed by atoms with E-state index < -0.39 is 13.7 Å². The lowest BCUT2D eigenvalue weighted by atomic mass is 9.44. The highest BCUT2D eigenvalue weighted by molar-refractivity contribution is 6.74. The van der Waals surface area contributed by atoms with E-state index in [0.29, 0.717) is 25.1 Å². The van der Waals surface area contributed by atoms with Crippen LogP contribution < -0.4 is 0 Å². The van der Waals surface area contributed by atoms with E-state index in [1.54, 1.807) is 0 Å². The van der Waals surface area contributed by atoms with Crippen molar-refractivity contribution >= 4 is 14.1 Å². The van der Waals surface area contributed by atoms with E-state index in [-0.39, 0.29) is 33.3 Å². The molecule has 5 heteroatoms. The van der Waals surface area contributed by atoms with Gasteiger partial charge >= 0.3 is 0 Å². The summed E-state index contributed by atoms with van der Waals surface area (Å²) in [5.74, 6) is 0.636. The fourth-order valence-corrected chi connectivity index (χ4v) is 7.10. The van der Waals surface area contributed by atoms with Gasteiger partial charge in [0.2, 0.25) is 5.70 Å². The van der Waals surface area contributed by atoms with Crippen molar-refractivity contribution in [3.05, 3.63) is 34.5 Å². The molecule has 0 heterocycles. The largest absolute Gasteiger partial charge is 0.523 e. The van der Waals surface area contributed by atoms with Gasteiger partial charge in [0, 0.05) is 23.9 Å². The molecule has 1 fully saturated rings. The van der Waals surface area contributed by atoms with Gasteiger partial charge < -0.3 is 9.53 Å². The average molecular weight is 430 g/mol. The molecule has 3 rings (SSSR count). The van der Waals surface area contributed by atoms with Gasteiger partial charge in [-0.1, -0.05) is 47.1 Å². The van der Waals surface area contributed by atoms with Crippen LogP contribution in [0, 0.1) is 28.7 Å². The maximum absolute atomic E-state index is 12.6. The molecule has 0 radical (unpaired) electrons. The topological polar surface area (TPSA) is 50.9 Å². The summed E-state index contributed by atoms with van der Waals surface area (Å²) in [7, 11) is -1.92. The predicted octanol–water partition coefficient (Wildman–Crippen LogP) is 6.82. The second-order valence-electron chi connectivity index (χ2n) is 12.2. The Labute approximate surface area is 183 Å². The number of rotatable bonds is 3. The molecule has 1 N–H and O–H groups in total. The lowest BCUT2D eigenvalue weighted by Gasteiger charge is -2.60. The van der Waals surface area contributed by atoms with E-state index in [1.807, 2.05) is 6.08 Å². The minimum atomic E-state index is -1.92. The van der Waals surface area contributed by atoms with Gasteiger partial charge in [0.25, 0.3) is 0 Å². The molecule has 4 nitrogen and oxygen atoms in total. The van der Waals surface area contributed by atoms with Gasteiger partial charge in [0.15, 0.2) is 14.1 Å². The maximum Gasteiger partial charge on any atom is 0.203 e. The summed E-state index contributed by atoms with van der Waals surface area (Å²) in [6, 6.07) is 0. The molecule has 0 amide bonds. The van der Waals surface area contributed by atoms with Crippen molar-refractivity contribution in [2.75, 3.05) is 6.61 Å². The van der Waals surface area contributed by atoms with Gasteiger partial charge in [-0.15, -0.1) is 0 Å². The molecule has 0 aromatic rings. The van der Waals surface area contributed by atoms with Gasteiger partial charge in [-0.2, -0.15) is 0 Å². The Balaban J connectivity index is 2.06. The minimum Gasteiger partial charge on any atom is -0.523 e. The third-order valence-corrected chi connectivity index (χ3v) is 13.4. The number of aliphatic hydroxyl groups is 1. The average Bonchev–Trinajstić information content (AvgIpc) is 2.63.